The number of oxazole rings is 1. The van der Waals surface area contributed by atoms with Crippen molar-refractivity contribution in [1.82, 2.24) is 9.88 Å². The van der Waals surface area contributed by atoms with E-state index in [1.807, 2.05) is 47.4 Å². The Bertz CT molecular complexity index is 1120. The summed E-state index contributed by atoms with van der Waals surface area (Å²) in [5.41, 5.74) is 1.87. The molecule has 1 saturated heterocycles. The standard InChI is InChI=1S/C24H22N4O3/c1-30-20-9-5-8-19(16-20)23(29)27-12-14-28(15-13-27)24-21(17-25)26-22(31-24)11-10-18-6-3-2-4-7-18/h2-11,16H,12-15H2,1H3. The van der Waals surface area contributed by atoms with Crippen LogP contribution in [0.5, 0.6) is 5.75 Å². The van der Waals surface area contributed by atoms with Gasteiger partial charge in [0.05, 0.1) is 7.11 Å². The largest absolute Gasteiger partial charge is 0.497 e. The van der Waals surface area contributed by atoms with Gasteiger partial charge in [0, 0.05) is 37.8 Å². The van der Waals surface area contributed by atoms with Crippen molar-refractivity contribution in [2.45, 2.75) is 0 Å². The number of anilines is 1. The zero-order valence-electron chi connectivity index (χ0n) is 17.2. The molecule has 7 heteroatoms. The van der Waals surface area contributed by atoms with Gasteiger partial charge in [-0.15, -0.1) is 0 Å². The topological polar surface area (TPSA) is 82.6 Å². The Labute approximate surface area is 180 Å². The lowest BCUT2D eigenvalue weighted by molar-refractivity contribution is 0.0745. The van der Waals surface area contributed by atoms with E-state index in [4.69, 9.17) is 9.15 Å². The molecule has 0 unspecified atom stereocenters. The van der Waals surface area contributed by atoms with Crippen molar-refractivity contribution in [3.05, 3.63) is 77.3 Å². The summed E-state index contributed by atoms with van der Waals surface area (Å²) < 4.78 is 11.1. The van der Waals surface area contributed by atoms with Crippen LogP contribution < -0.4 is 9.64 Å². The molecule has 7 nitrogen and oxygen atoms in total. The number of carbonyl (C=O) groups is 1. The van der Waals surface area contributed by atoms with E-state index in [0.717, 1.165) is 5.56 Å². The molecule has 3 aromatic rings. The molecule has 0 N–H and O–H groups in total. The maximum absolute atomic E-state index is 12.8. The maximum atomic E-state index is 12.8. The molecule has 0 atom stereocenters. The van der Waals surface area contributed by atoms with E-state index < -0.39 is 0 Å². The fourth-order valence-electron chi connectivity index (χ4n) is 3.47. The summed E-state index contributed by atoms with van der Waals surface area (Å²) in [6.45, 7) is 2.16. The highest BCUT2D eigenvalue weighted by molar-refractivity contribution is 5.94. The van der Waals surface area contributed by atoms with E-state index in [1.54, 1.807) is 36.3 Å². The second-order valence-electron chi connectivity index (χ2n) is 7.07. The molecule has 1 aliphatic heterocycles. The lowest BCUT2D eigenvalue weighted by Crippen LogP contribution is -2.48. The fraction of sp³-hybridized carbons (Fsp3) is 0.208. The van der Waals surface area contributed by atoms with Gasteiger partial charge in [0.2, 0.25) is 17.5 Å². The molecule has 0 aliphatic carbocycles. The summed E-state index contributed by atoms with van der Waals surface area (Å²) in [7, 11) is 1.58. The normalized spacial score (nSPS) is 13.9. The van der Waals surface area contributed by atoms with Crippen LogP contribution in [0.3, 0.4) is 0 Å². The van der Waals surface area contributed by atoms with Crippen LogP contribution in [0.25, 0.3) is 12.2 Å². The summed E-state index contributed by atoms with van der Waals surface area (Å²) in [5, 5.41) is 9.49. The number of amides is 1. The minimum Gasteiger partial charge on any atom is -0.497 e. The van der Waals surface area contributed by atoms with Crippen LogP contribution in [-0.2, 0) is 0 Å². The molecule has 0 saturated carbocycles. The van der Waals surface area contributed by atoms with E-state index in [2.05, 4.69) is 11.1 Å². The molecule has 4 rings (SSSR count). The first-order valence-corrected chi connectivity index (χ1v) is 10.0. The number of ether oxygens (including phenoxy) is 1. The number of nitrogens with zero attached hydrogens (tertiary/aromatic N) is 4. The van der Waals surface area contributed by atoms with Crippen molar-refractivity contribution in [3.63, 3.8) is 0 Å². The number of hydrogen-bond acceptors (Lipinski definition) is 6. The number of benzene rings is 2. The third kappa shape index (κ3) is 4.59. The van der Waals surface area contributed by atoms with Crippen LogP contribution in [0, 0.1) is 11.3 Å². The minimum atomic E-state index is -0.0388. The third-order valence-corrected chi connectivity index (χ3v) is 5.12. The first kappa shape index (κ1) is 20.2. The van der Waals surface area contributed by atoms with Gasteiger partial charge in [-0.2, -0.15) is 10.2 Å². The van der Waals surface area contributed by atoms with Crippen LogP contribution in [0.2, 0.25) is 0 Å². The molecule has 156 valence electrons. The van der Waals surface area contributed by atoms with Gasteiger partial charge >= 0.3 is 0 Å². The summed E-state index contributed by atoms with van der Waals surface area (Å²) in [6.07, 6.45) is 3.64. The SMILES string of the molecule is COc1cccc(C(=O)N2CCN(c3oc(C=Cc4ccccc4)nc3C#N)CC2)c1. The first-order chi connectivity index (χ1) is 15.2. The average molecular weight is 414 g/mol. The van der Waals surface area contributed by atoms with Crippen LogP contribution >= 0.6 is 0 Å². The Morgan fingerprint density at radius 2 is 1.87 bits per heavy atom. The fourth-order valence-corrected chi connectivity index (χ4v) is 3.47. The lowest BCUT2D eigenvalue weighted by atomic mass is 10.1. The number of rotatable bonds is 5. The molecule has 1 amide bonds. The van der Waals surface area contributed by atoms with Crippen LogP contribution in [-0.4, -0.2) is 49.1 Å². The Kier molecular flexibility index (Phi) is 5.99. The van der Waals surface area contributed by atoms with Gasteiger partial charge < -0.3 is 19.0 Å². The van der Waals surface area contributed by atoms with Crippen molar-refractivity contribution in [1.29, 1.82) is 5.26 Å². The van der Waals surface area contributed by atoms with Crippen molar-refractivity contribution >= 4 is 23.9 Å². The molecule has 0 radical (unpaired) electrons. The molecule has 2 heterocycles. The first-order valence-electron chi connectivity index (χ1n) is 10.0. The molecular formula is C24H22N4O3. The maximum Gasteiger partial charge on any atom is 0.254 e. The van der Waals surface area contributed by atoms with Crippen molar-refractivity contribution in [3.8, 4) is 11.8 Å². The molecule has 0 spiro atoms. The molecular weight excluding hydrogens is 392 g/mol. The Morgan fingerprint density at radius 1 is 1.10 bits per heavy atom. The predicted molar refractivity (Wildman–Crippen MR) is 118 cm³/mol. The van der Waals surface area contributed by atoms with Crippen LogP contribution in [0.4, 0.5) is 5.88 Å². The molecule has 2 aromatic carbocycles. The molecule has 1 aromatic heterocycles. The second-order valence-corrected chi connectivity index (χ2v) is 7.07. The van der Waals surface area contributed by atoms with Gasteiger partial charge in [0.15, 0.2) is 0 Å². The minimum absolute atomic E-state index is 0.0388. The highest BCUT2D eigenvalue weighted by Crippen LogP contribution is 2.25. The van der Waals surface area contributed by atoms with E-state index in [1.165, 1.54) is 0 Å². The number of methoxy groups -OCH3 is 1. The van der Waals surface area contributed by atoms with Crippen molar-refractivity contribution < 1.29 is 13.9 Å². The number of aromatic nitrogens is 1. The summed E-state index contributed by atoms with van der Waals surface area (Å²) >= 11 is 0. The van der Waals surface area contributed by atoms with Gasteiger partial charge in [0.25, 0.3) is 5.91 Å². The number of carbonyl (C=O) groups excluding carboxylic acids is 1. The summed E-state index contributed by atoms with van der Waals surface area (Å²) in [6, 6.07) is 19.1. The van der Waals surface area contributed by atoms with Gasteiger partial charge in [-0.1, -0.05) is 36.4 Å². The Hall–Kier alpha value is -4.05. The molecule has 0 bridgehead atoms. The smallest absolute Gasteiger partial charge is 0.254 e. The Morgan fingerprint density at radius 3 is 2.58 bits per heavy atom. The predicted octanol–water partition coefficient (Wildman–Crippen LogP) is 3.69. The monoisotopic (exact) mass is 414 g/mol. The van der Waals surface area contributed by atoms with Crippen molar-refractivity contribution in [2.24, 2.45) is 0 Å². The Balaban J connectivity index is 1.43. The van der Waals surface area contributed by atoms with Gasteiger partial charge in [-0.25, -0.2) is 0 Å². The number of hydrogen-bond donors (Lipinski definition) is 0. The summed E-state index contributed by atoms with van der Waals surface area (Å²) in [5.74, 6) is 1.44. The highest BCUT2D eigenvalue weighted by Gasteiger charge is 2.26. The van der Waals surface area contributed by atoms with Crippen LogP contribution in [0.1, 0.15) is 27.5 Å². The quantitative estimate of drug-likeness (QED) is 0.633. The molecule has 31 heavy (non-hydrogen) atoms. The zero-order chi connectivity index (χ0) is 21.6. The second kappa shape index (κ2) is 9.18. The van der Waals surface area contributed by atoms with E-state index >= 15 is 0 Å². The van der Waals surface area contributed by atoms with E-state index in [9.17, 15) is 10.1 Å². The van der Waals surface area contributed by atoms with Gasteiger partial charge in [-0.05, 0) is 29.8 Å². The highest BCUT2D eigenvalue weighted by atomic mass is 16.5. The third-order valence-electron chi connectivity index (χ3n) is 5.12. The number of piperazine rings is 1. The lowest BCUT2D eigenvalue weighted by Gasteiger charge is -2.34. The van der Waals surface area contributed by atoms with E-state index in [0.29, 0.717) is 49.3 Å². The van der Waals surface area contributed by atoms with E-state index in [-0.39, 0.29) is 11.6 Å². The molecule has 1 fully saturated rings. The number of nitriles is 1. The molecule has 1 aliphatic rings. The van der Waals surface area contributed by atoms with Crippen molar-refractivity contribution in [2.75, 3.05) is 38.2 Å². The van der Waals surface area contributed by atoms with Gasteiger partial charge in [-0.3, -0.25) is 4.79 Å². The van der Waals surface area contributed by atoms with Gasteiger partial charge in [0.1, 0.15) is 11.8 Å². The summed E-state index contributed by atoms with van der Waals surface area (Å²) in [4.78, 5) is 20.9. The van der Waals surface area contributed by atoms with Crippen LogP contribution in [0.15, 0.2) is 59.0 Å². The average Bonchev–Trinajstić information content (AvgIpc) is 3.26. The zero-order valence-corrected chi connectivity index (χ0v) is 17.2.